The maximum Gasteiger partial charge on any atom is 0.257 e. The molecule has 5 nitrogen and oxygen atoms in total. The standard InChI is InChI=1S/C24H20N4OS/c29-23(27-20-7-1-4-17(13-20)12-18-5-2-9-25-14-18)21-8-11-28-22(21)16-30-24(28)19-6-3-10-26-15-19/h1-11,13-15,24H,12,16H2,(H,27,29). The number of thioether (sulfide) groups is 1. The van der Waals surface area contributed by atoms with Gasteiger partial charge in [0.05, 0.1) is 5.56 Å². The summed E-state index contributed by atoms with van der Waals surface area (Å²) in [4.78, 5) is 21.4. The van der Waals surface area contributed by atoms with Gasteiger partial charge in [0.1, 0.15) is 5.37 Å². The number of carbonyl (C=O) groups excluding carboxylic acids is 1. The van der Waals surface area contributed by atoms with Crippen molar-refractivity contribution in [1.82, 2.24) is 14.5 Å². The highest BCUT2D eigenvalue weighted by Crippen LogP contribution is 2.41. The minimum Gasteiger partial charge on any atom is -0.333 e. The van der Waals surface area contributed by atoms with Gasteiger partial charge in [0.25, 0.3) is 5.91 Å². The Kier molecular flexibility index (Phi) is 5.07. The van der Waals surface area contributed by atoms with E-state index in [2.05, 4.69) is 38.1 Å². The van der Waals surface area contributed by atoms with E-state index in [0.717, 1.165) is 45.8 Å². The highest BCUT2D eigenvalue weighted by molar-refractivity contribution is 7.99. The summed E-state index contributed by atoms with van der Waals surface area (Å²) in [6.07, 6.45) is 10.1. The lowest BCUT2D eigenvalue weighted by Crippen LogP contribution is -2.13. The van der Waals surface area contributed by atoms with Crippen LogP contribution in [0.4, 0.5) is 5.69 Å². The van der Waals surface area contributed by atoms with Crippen LogP contribution in [0.15, 0.2) is 85.6 Å². The summed E-state index contributed by atoms with van der Waals surface area (Å²) in [6.45, 7) is 0. The molecule has 0 bridgehead atoms. The van der Waals surface area contributed by atoms with Crippen LogP contribution in [0.5, 0.6) is 0 Å². The number of nitrogens with one attached hydrogen (secondary N) is 1. The van der Waals surface area contributed by atoms with Crippen molar-refractivity contribution in [3.63, 3.8) is 0 Å². The molecule has 0 fully saturated rings. The molecule has 6 heteroatoms. The molecule has 1 aliphatic rings. The molecule has 1 unspecified atom stereocenters. The number of rotatable bonds is 5. The third-order valence-electron chi connectivity index (χ3n) is 5.19. The van der Waals surface area contributed by atoms with Crippen LogP contribution in [0.2, 0.25) is 0 Å². The number of fused-ring (bicyclic) bond motifs is 1. The maximum atomic E-state index is 13.0. The zero-order valence-electron chi connectivity index (χ0n) is 16.2. The van der Waals surface area contributed by atoms with E-state index in [-0.39, 0.29) is 11.3 Å². The average molecular weight is 413 g/mol. The Balaban J connectivity index is 1.33. The zero-order chi connectivity index (χ0) is 20.3. The van der Waals surface area contributed by atoms with Gasteiger partial charge in [-0.25, -0.2) is 0 Å². The predicted molar refractivity (Wildman–Crippen MR) is 120 cm³/mol. The lowest BCUT2D eigenvalue weighted by molar-refractivity contribution is 0.102. The van der Waals surface area contributed by atoms with Crippen molar-refractivity contribution in [3.8, 4) is 0 Å². The van der Waals surface area contributed by atoms with Crippen LogP contribution in [0.3, 0.4) is 0 Å². The summed E-state index contributed by atoms with van der Waals surface area (Å²) in [5, 5.41) is 3.23. The van der Waals surface area contributed by atoms with Crippen LogP contribution in [0.1, 0.15) is 38.1 Å². The van der Waals surface area contributed by atoms with Crippen LogP contribution in [-0.4, -0.2) is 20.4 Å². The smallest absolute Gasteiger partial charge is 0.257 e. The van der Waals surface area contributed by atoms with Crippen molar-refractivity contribution in [3.05, 3.63) is 114 Å². The molecule has 0 radical (unpaired) electrons. The molecule has 0 saturated heterocycles. The normalized spacial score (nSPS) is 15.0. The van der Waals surface area contributed by atoms with Gasteiger partial charge in [-0.3, -0.25) is 14.8 Å². The number of aromatic nitrogens is 3. The van der Waals surface area contributed by atoms with Crippen molar-refractivity contribution < 1.29 is 4.79 Å². The number of anilines is 1. The van der Waals surface area contributed by atoms with Gasteiger partial charge in [0.15, 0.2) is 0 Å². The lowest BCUT2D eigenvalue weighted by Gasteiger charge is -2.12. The first-order valence-electron chi connectivity index (χ1n) is 9.78. The number of pyridine rings is 2. The van der Waals surface area contributed by atoms with Gasteiger partial charge in [-0.15, -0.1) is 11.8 Å². The molecule has 4 aromatic rings. The fourth-order valence-corrected chi connectivity index (χ4v) is 5.08. The van der Waals surface area contributed by atoms with Crippen molar-refractivity contribution in [2.24, 2.45) is 0 Å². The highest BCUT2D eigenvalue weighted by Gasteiger charge is 2.28. The van der Waals surface area contributed by atoms with E-state index in [9.17, 15) is 4.79 Å². The summed E-state index contributed by atoms with van der Waals surface area (Å²) >= 11 is 1.81. The first kappa shape index (κ1) is 18.6. The Labute approximate surface area is 179 Å². The molecule has 0 saturated carbocycles. The summed E-state index contributed by atoms with van der Waals surface area (Å²) < 4.78 is 2.18. The summed E-state index contributed by atoms with van der Waals surface area (Å²) in [5.74, 6) is 0.728. The van der Waals surface area contributed by atoms with Crippen LogP contribution in [0, 0.1) is 0 Å². The average Bonchev–Trinajstić information content (AvgIpc) is 3.37. The van der Waals surface area contributed by atoms with Gasteiger partial charge in [0, 0.05) is 53.7 Å². The van der Waals surface area contributed by atoms with E-state index >= 15 is 0 Å². The number of amides is 1. The van der Waals surface area contributed by atoms with Gasteiger partial charge >= 0.3 is 0 Å². The first-order chi connectivity index (χ1) is 14.8. The minimum absolute atomic E-state index is 0.0743. The molecule has 1 atom stereocenters. The fraction of sp³-hybridized carbons (Fsp3) is 0.125. The third-order valence-corrected chi connectivity index (χ3v) is 6.44. The third kappa shape index (κ3) is 3.74. The van der Waals surface area contributed by atoms with Gasteiger partial charge in [0.2, 0.25) is 0 Å². The van der Waals surface area contributed by atoms with Crippen molar-refractivity contribution >= 4 is 23.4 Å². The Morgan fingerprint density at radius 2 is 1.87 bits per heavy atom. The molecule has 1 amide bonds. The second kappa shape index (κ2) is 8.16. The van der Waals surface area contributed by atoms with Gasteiger partial charge < -0.3 is 9.88 Å². The maximum absolute atomic E-state index is 13.0. The molecule has 148 valence electrons. The largest absolute Gasteiger partial charge is 0.333 e. The van der Waals surface area contributed by atoms with Crippen molar-refractivity contribution in [2.45, 2.75) is 17.5 Å². The van der Waals surface area contributed by atoms with Gasteiger partial charge in [-0.2, -0.15) is 0 Å². The first-order valence-corrected chi connectivity index (χ1v) is 10.8. The van der Waals surface area contributed by atoms with Crippen LogP contribution in [-0.2, 0) is 12.2 Å². The summed E-state index contributed by atoms with van der Waals surface area (Å²) in [7, 11) is 0. The highest BCUT2D eigenvalue weighted by atomic mass is 32.2. The summed E-state index contributed by atoms with van der Waals surface area (Å²) in [6, 6.07) is 17.9. The molecular weight excluding hydrogens is 392 g/mol. The second-order valence-corrected chi connectivity index (χ2v) is 8.29. The molecule has 5 rings (SSSR count). The van der Waals surface area contributed by atoms with Gasteiger partial charge in [-0.1, -0.05) is 24.3 Å². The fourth-order valence-electron chi connectivity index (χ4n) is 3.77. The second-order valence-electron chi connectivity index (χ2n) is 7.23. The van der Waals surface area contributed by atoms with Crippen LogP contribution < -0.4 is 5.32 Å². The number of hydrogen-bond donors (Lipinski definition) is 1. The number of hydrogen-bond acceptors (Lipinski definition) is 4. The molecule has 0 aliphatic carbocycles. The molecule has 1 aromatic carbocycles. The topological polar surface area (TPSA) is 59.8 Å². The predicted octanol–water partition coefficient (Wildman–Crippen LogP) is 4.91. The van der Waals surface area contributed by atoms with E-state index in [0.29, 0.717) is 0 Å². The van der Waals surface area contributed by atoms with Crippen LogP contribution in [0.25, 0.3) is 0 Å². The number of benzene rings is 1. The molecule has 3 aromatic heterocycles. The minimum atomic E-state index is -0.0743. The quantitative estimate of drug-likeness (QED) is 0.506. The Hall–Kier alpha value is -3.38. The number of carbonyl (C=O) groups is 1. The molecule has 1 aliphatic heterocycles. The summed E-state index contributed by atoms with van der Waals surface area (Å²) in [5.41, 5.74) is 6.01. The Morgan fingerprint density at radius 3 is 2.67 bits per heavy atom. The monoisotopic (exact) mass is 412 g/mol. The van der Waals surface area contributed by atoms with E-state index in [1.165, 1.54) is 0 Å². The molecule has 30 heavy (non-hydrogen) atoms. The Morgan fingerprint density at radius 1 is 1.03 bits per heavy atom. The lowest BCUT2D eigenvalue weighted by atomic mass is 10.1. The van der Waals surface area contributed by atoms with Gasteiger partial charge in [-0.05, 0) is 47.9 Å². The molecular formula is C24H20N4OS. The zero-order valence-corrected chi connectivity index (χ0v) is 17.0. The number of nitrogens with zero attached hydrogens (tertiary/aromatic N) is 3. The van der Waals surface area contributed by atoms with Crippen molar-refractivity contribution in [1.29, 1.82) is 0 Å². The van der Waals surface area contributed by atoms with E-state index in [4.69, 9.17) is 0 Å². The van der Waals surface area contributed by atoms with E-state index < -0.39 is 0 Å². The van der Waals surface area contributed by atoms with E-state index in [1.807, 2.05) is 66.8 Å². The van der Waals surface area contributed by atoms with Crippen molar-refractivity contribution in [2.75, 3.05) is 5.32 Å². The Bertz CT molecular complexity index is 1170. The molecule has 4 heterocycles. The SMILES string of the molecule is O=C(Nc1cccc(Cc2cccnc2)c1)c1ccn2c1CSC2c1cccnc1. The van der Waals surface area contributed by atoms with E-state index in [1.54, 1.807) is 12.4 Å². The molecule has 0 spiro atoms. The molecule has 1 N–H and O–H groups in total. The van der Waals surface area contributed by atoms with Crippen LogP contribution >= 0.6 is 11.8 Å².